The second kappa shape index (κ2) is 11.4. The first-order chi connectivity index (χ1) is 24.8. The third-order valence-corrected chi connectivity index (χ3v) is 9.58. The maximum atomic E-state index is 5.98. The maximum Gasteiger partial charge on any atom is 0.248 e. The largest absolute Gasteiger partial charge is 0.416 e. The van der Waals surface area contributed by atoms with E-state index in [2.05, 4.69) is 142 Å². The second-order valence-electron chi connectivity index (χ2n) is 12.5. The Morgan fingerprint density at radius 3 is 1.66 bits per heavy atom. The first-order valence-corrected chi connectivity index (χ1v) is 16.7. The molecule has 7 aromatic carbocycles. The highest BCUT2D eigenvalue weighted by atomic mass is 16.4. The van der Waals surface area contributed by atoms with Crippen molar-refractivity contribution in [2.75, 3.05) is 0 Å². The number of para-hydroxylation sites is 2. The number of pyridine rings is 1. The number of benzene rings is 7. The third kappa shape index (κ3) is 4.52. The Hall–Kier alpha value is -6.85. The van der Waals surface area contributed by atoms with Gasteiger partial charge >= 0.3 is 0 Å². The van der Waals surface area contributed by atoms with Gasteiger partial charge in [0.1, 0.15) is 0 Å². The van der Waals surface area contributed by atoms with Gasteiger partial charge in [0.05, 0.1) is 22.2 Å². The van der Waals surface area contributed by atoms with Crippen LogP contribution in [-0.2, 0) is 0 Å². The molecular formula is C45H28N4O. The third-order valence-electron chi connectivity index (χ3n) is 9.58. The zero-order valence-corrected chi connectivity index (χ0v) is 26.9. The van der Waals surface area contributed by atoms with E-state index in [0.717, 1.165) is 55.5 Å². The highest BCUT2D eigenvalue weighted by Crippen LogP contribution is 2.42. The average molecular weight is 641 g/mol. The van der Waals surface area contributed by atoms with Crippen molar-refractivity contribution in [2.24, 2.45) is 0 Å². The van der Waals surface area contributed by atoms with Gasteiger partial charge in [-0.1, -0.05) is 115 Å². The van der Waals surface area contributed by atoms with E-state index in [4.69, 9.17) is 9.40 Å². The van der Waals surface area contributed by atoms with Gasteiger partial charge in [0.15, 0.2) is 0 Å². The molecule has 0 spiro atoms. The average Bonchev–Trinajstić information content (AvgIpc) is 3.82. The van der Waals surface area contributed by atoms with Gasteiger partial charge in [0, 0.05) is 49.3 Å². The lowest BCUT2D eigenvalue weighted by Gasteiger charge is -2.13. The summed E-state index contributed by atoms with van der Waals surface area (Å²) in [6.07, 6.45) is 0. The van der Waals surface area contributed by atoms with Crippen molar-refractivity contribution in [1.82, 2.24) is 19.7 Å². The molecule has 10 aromatic rings. The number of fused-ring (bicyclic) bond motifs is 7. The summed E-state index contributed by atoms with van der Waals surface area (Å²) in [5.41, 5.74) is 10.6. The molecule has 10 rings (SSSR count). The molecule has 0 aliphatic carbocycles. The predicted molar refractivity (Wildman–Crippen MR) is 203 cm³/mol. The predicted octanol–water partition coefficient (Wildman–Crippen LogP) is 11.5. The van der Waals surface area contributed by atoms with Gasteiger partial charge in [0.25, 0.3) is 0 Å². The molecule has 5 heteroatoms. The van der Waals surface area contributed by atoms with Gasteiger partial charge in [-0.05, 0) is 65.7 Å². The van der Waals surface area contributed by atoms with Gasteiger partial charge in [-0.2, -0.15) is 0 Å². The minimum Gasteiger partial charge on any atom is -0.416 e. The highest BCUT2D eigenvalue weighted by Gasteiger charge is 2.19. The van der Waals surface area contributed by atoms with Crippen LogP contribution in [0.3, 0.4) is 0 Å². The summed E-state index contributed by atoms with van der Waals surface area (Å²) in [5.74, 6) is 1.02. The molecule has 0 aliphatic rings. The second-order valence-corrected chi connectivity index (χ2v) is 12.5. The van der Waals surface area contributed by atoms with Crippen LogP contribution in [0.15, 0.2) is 174 Å². The van der Waals surface area contributed by atoms with E-state index in [1.165, 1.54) is 27.2 Å². The van der Waals surface area contributed by atoms with Crippen LogP contribution in [0.5, 0.6) is 0 Å². The Morgan fingerprint density at radius 1 is 0.380 bits per heavy atom. The topological polar surface area (TPSA) is 56.7 Å². The van der Waals surface area contributed by atoms with Crippen molar-refractivity contribution in [1.29, 1.82) is 0 Å². The number of aromatic nitrogens is 4. The first-order valence-electron chi connectivity index (χ1n) is 16.7. The summed E-state index contributed by atoms with van der Waals surface area (Å²) in [5, 5.41) is 14.5. The van der Waals surface area contributed by atoms with Crippen molar-refractivity contribution in [3.8, 4) is 51.0 Å². The normalized spacial score (nSPS) is 11.6. The van der Waals surface area contributed by atoms with Gasteiger partial charge in [0.2, 0.25) is 11.8 Å². The lowest BCUT2D eigenvalue weighted by atomic mass is 9.96. The molecule has 0 unspecified atom stereocenters. The van der Waals surface area contributed by atoms with Gasteiger partial charge < -0.3 is 8.98 Å². The number of hydrogen-bond donors (Lipinski definition) is 0. The molecule has 5 nitrogen and oxygen atoms in total. The minimum atomic E-state index is 0.504. The van der Waals surface area contributed by atoms with E-state index in [0.29, 0.717) is 11.8 Å². The Balaban J connectivity index is 1.08. The number of rotatable bonds is 5. The molecule has 234 valence electrons. The summed E-state index contributed by atoms with van der Waals surface area (Å²) in [4.78, 5) is 5.18. The quantitative estimate of drug-likeness (QED) is 0.176. The SMILES string of the molecule is c1ccc(-c2nnc(-c3ccc(-c4ccc(-n5c6ccccc6c6c7c(ccc65)c(-c5ccccc5)nc5ccccc57)cc4)cc3)o2)cc1. The summed E-state index contributed by atoms with van der Waals surface area (Å²) in [6, 6.07) is 59.1. The van der Waals surface area contributed by atoms with Crippen molar-refractivity contribution >= 4 is 43.5 Å². The standard InChI is InChI=1S/C45H28N4O/c1-3-11-31(12-4-1)43-37-27-28-40-42(41(37)35-15-7-9-17-38(35)46-43)36-16-8-10-18-39(36)49(40)34-25-23-30(24-26-34)29-19-21-33(22-20-29)45-48-47-44(50-45)32-13-5-2-6-14-32/h1-28H. The fraction of sp³-hybridized carbons (Fsp3) is 0. The van der Waals surface area contributed by atoms with Crippen LogP contribution >= 0.6 is 0 Å². The highest BCUT2D eigenvalue weighted by molar-refractivity contribution is 6.29. The molecule has 0 saturated heterocycles. The van der Waals surface area contributed by atoms with Crippen molar-refractivity contribution in [3.05, 3.63) is 170 Å². The molecule has 0 radical (unpaired) electrons. The molecule has 0 atom stereocenters. The minimum absolute atomic E-state index is 0.504. The lowest BCUT2D eigenvalue weighted by molar-refractivity contribution is 0.584. The van der Waals surface area contributed by atoms with E-state index < -0.39 is 0 Å². The van der Waals surface area contributed by atoms with Crippen LogP contribution in [0.4, 0.5) is 0 Å². The van der Waals surface area contributed by atoms with Crippen LogP contribution in [0, 0.1) is 0 Å². The number of hydrogen-bond acceptors (Lipinski definition) is 4. The fourth-order valence-electron chi connectivity index (χ4n) is 7.24. The van der Waals surface area contributed by atoms with Crippen molar-refractivity contribution < 1.29 is 4.42 Å². The summed E-state index contributed by atoms with van der Waals surface area (Å²) >= 11 is 0. The van der Waals surface area contributed by atoms with Crippen LogP contribution < -0.4 is 0 Å². The molecular weight excluding hydrogens is 613 g/mol. The van der Waals surface area contributed by atoms with Crippen LogP contribution in [0.1, 0.15) is 0 Å². The lowest BCUT2D eigenvalue weighted by Crippen LogP contribution is -1.94. The zero-order chi connectivity index (χ0) is 33.0. The van der Waals surface area contributed by atoms with Crippen LogP contribution in [-0.4, -0.2) is 19.7 Å². The van der Waals surface area contributed by atoms with E-state index in [1.54, 1.807) is 0 Å². The molecule has 0 bridgehead atoms. The molecule has 0 N–H and O–H groups in total. The van der Waals surface area contributed by atoms with E-state index in [9.17, 15) is 0 Å². The van der Waals surface area contributed by atoms with Crippen LogP contribution in [0.25, 0.3) is 94.5 Å². The Bertz CT molecular complexity index is 2840. The summed E-state index contributed by atoms with van der Waals surface area (Å²) in [7, 11) is 0. The summed E-state index contributed by atoms with van der Waals surface area (Å²) < 4.78 is 8.36. The Kier molecular flexibility index (Phi) is 6.42. The van der Waals surface area contributed by atoms with E-state index in [1.807, 2.05) is 42.5 Å². The van der Waals surface area contributed by atoms with Crippen LogP contribution in [0.2, 0.25) is 0 Å². The molecule has 50 heavy (non-hydrogen) atoms. The van der Waals surface area contributed by atoms with Gasteiger partial charge in [-0.25, -0.2) is 4.98 Å². The smallest absolute Gasteiger partial charge is 0.248 e. The maximum absolute atomic E-state index is 5.98. The van der Waals surface area contributed by atoms with Gasteiger partial charge in [-0.15, -0.1) is 10.2 Å². The molecule has 3 heterocycles. The zero-order valence-electron chi connectivity index (χ0n) is 26.9. The summed E-state index contributed by atoms with van der Waals surface area (Å²) in [6.45, 7) is 0. The molecule has 0 saturated carbocycles. The number of nitrogens with zero attached hydrogens (tertiary/aromatic N) is 4. The molecule has 0 fully saturated rings. The molecule has 0 amide bonds. The molecule has 3 aromatic heterocycles. The Morgan fingerprint density at radius 2 is 0.940 bits per heavy atom. The van der Waals surface area contributed by atoms with E-state index in [-0.39, 0.29) is 0 Å². The van der Waals surface area contributed by atoms with Crippen molar-refractivity contribution in [2.45, 2.75) is 0 Å². The van der Waals surface area contributed by atoms with Gasteiger partial charge in [-0.3, -0.25) is 0 Å². The first kappa shape index (κ1) is 28.2. The monoisotopic (exact) mass is 640 g/mol. The van der Waals surface area contributed by atoms with Crippen molar-refractivity contribution in [3.63, 3.8) is 0 Å². The van der Waals surface area contributed by atoms with E-state index >= 15 is 0 Å². The Labute approximate surface area is 287 Å². The fourth-order valence-corrected chi connectivity index (χ4v) is 7.24. The molecule has 0 aliphatic heterocycles.